The van der Waals surface area contributed by atoms with E-state index in [1.54, 1.807) is 0 Å². The number of benzene rings is 4. The third-order valence-electron chi connectivity index (χ3n) is 4.90. The molecule has 0 heteroatoms. The van der Waals surface area contributed by atoms with Gasteiger partial charge in [-0.3, -0.25) is 0 Å². The van der Waals surface area contributed by atoms with Gasteiger partial charge in [-0.25, -0.2) is 0 Å². The van der Waals surface area contributed by atoms with Crippen LogP contribution in [-0.2, 0) is 12.8 Å². The molecule has 0 aliphatic heterocycles. The Labute approximate surface area is 143 Å². The first kappa shape index (κ1) is 15.0. The summed E-state index contributed by atoms with van der Waals surface area (Å²) in [5.41, 5.74) is 2.96. The van der Waals surface area contributed by atoms with Gasteiger partial charge in [-0.2, -0.15) is 0 Å². The van der Waals surface area contributed by atoms with Gasteiger partial charge in [-0.15, -0.1) is 0 Å². The molecule has 0 atom stereocenters. The Morgan fingerprint density at radius 1 is 0.417 bits per heavy atom. The minimum Gasteiger partial charge on any atom is -0.0616 e. The second kappa shape index (κ2) is 6.88. The Morgan fingerprint density at radius 3 is 1.33 bits per heavy atom. The van der Waals surface area contributed by atoms with Crippen LogP contribution in [0.1, 0.15) is 24.0 Å². The zero-order valence-electron chi connectivity index (χ0n) is 13.9. The summed E-state index contributed by atoms with van der Waals surface area (Å²) in [4.78, 5) is 0. The van der Waals surface area contributed by atoms with Gasteiger partial charge in [0.1, 0.15) is 0 Å². The van der Waals surface area contributed by atoms with E-state index < -0.39 is 0 Å². The van der Waals surface area contributed by atoms with Crippen molar-refractivity contribution < 1.29 is 0 Å². The van der Waals surface area contributed by atoms with E-state index in [4.69, 9.17) is 0 Å². The number of rotatable bonds is 5. The molecule has 0 spiro atoms. The van der Waals surface area contributed by atoms with E-state index in [2.05, 4.69) is 84.9 Å². The highest BCUT2D eigenvalue weighted by Crippen LogP contribution is 2.22. The van der Waals surface area contributed by atoms with Crippen LogP contribution in [0.25, 0.3) is 21.5 Å². The summed E-state index contributed by atoms with van der Waals surface area (Å²) < 4.78 is 0. The van der Waals surface area contributed by atoms with Crippen molar-refractivity contribution in [2.75, 3.05) is 0 Å². The molecule has 4 rings (SSSR count). The van der Waals surface area contributed by atoms with E-state index in [0.717, 1.165) is 12.8 Å². The third-order valence-corrected chi connectivity index (χ3v) is 4.90. The van der Waals surface area contributed by atoms with Gasteiger partial charge in [0.15, 0.2) is 0 Å². The highest BCUT2D eigenvalue weighted by atomic mass is 14.1. The first-order chi connectivity index (χ1) is 11.9. The highest BCUT2D eigenvalue weighted by Gasteiger charge is 2.02. The molecule has 0 nitrogen and oxygen atoms in total. The molecule has 4 aromatic carbocycles. The fraction of sp³-hybridized carbons (Fsp3) is 0.167. The van der Waals surface area contributed by atoms with Gasteiger partial charge >= 0.3 is 0 Å². The van der Waals surface area contributed by atoms with Gasteiger partial charge in [0.2, 0.25) is 0 Å². The van der Waals surface area contributed by atoms with Crippen molar-refractivity contribution in [3.63, 3.8) is 0 Å². The molecular weight excluding hydrogens is 288 g/mol. The molecule has 0 bridgehead atoms. The highest BCUT2D eigenvalue weighted by molar-refractivity contribution is 5.86. The Balaban J connectivity index is 1.44. The van der Waals surface area contributed by atoms with Crippen LogP contribution < -0.4 is 0 Å². The van der Waals surface area contributed by atoms with Crippen molar-refractivity contribution in [1.29, 1.82) is 0 Å². The van der Waals surface area contributed by atoms with Crippen LogP contribution in [0, 0.1) is 0 Å². The lowest BCUT2D eigenvalue weighted by atomic mass is 9.97. The molecule has 0 heterocycles. The Kier molecular flexibility index (Phi) is 4.29. The van der Waals surface area contributed by atoms with Gasteiger partial charge in [0.05, 0.1) is 0 Å². The van der Waals surface area contributed by atoms with Gasteiger partial charge in [0.25, 0.3) is 0 Å². The molecule has 24 heavy (non-hydrogen) atoms. The molecule has 4 aromatic rings. The first-order valence-corrected chi connectivity index (χ1v) is 8.85. The van der Waals surface area contributed by atoms with E-state index in [1.807, 2.05) is 0 Å². The van der Waals surface area contributed by atoms with Crippen molar-refractivity contribution in [2.24, 2.45) is 0 Å². The van der Waals surface area contributed by atoms with Gasteiger partial charge in [0, 0.05) is 0 Å². The van der Waals surface area contributed by atoms with Crippen molar-refractivity contribution in [1.82, 2.24) is 0 Å². The summed E-state index contributed by atoms with van der Waals surface area (Å²) in [6.07, 6.45) is 4.78. The van der Waals surface area contributed by atoms with Crippen LogP contribution in [0.5, 0.6) is 0 Å². The van der Waals surface area contributed by atoms with Gasteiger partial charge < -0.3 is 0 Å². The van der Waals surface area contributed by atoms with Crippen molar-refractivity contribution in [3.05, 3.63) is 96.1 Å². The van der Waals surface area contributed by atoms with E-state index in [9.17, 15) is 0 Å². The third kappa shape index (κ3) is 3.05. The summed E-state index contributed by atoms with van der Waals surface area (Å²) in [6, 6.07) is 30.7. The molecule has 0 aliphatic rings. The lowest BCUT2D eigenvalue weighted by Crippen LogP contribution is -1.91. The number of aryl methyl sites for hydroxylation is 2. The van der Waals surface area contributed by atoms with E-state index in [1.165, 1.54) is 45.5 Å². The molecule has 0 fully saturated rings. The van der Waals surface area contributed by atoms with Crippen LogP contribution in [-0.4, -0.2) is 0 Å². The molecule has 0 aliphatic carbocycles. The fourth-order valence-electron chi connectivity index (χ4n) is 3.65. The molecule has 0 radical (unpaired) electrons. The zero-order valence-corrected chi connectivity index (χ0v) is 13.9. The molecule has 0 saturated carbocycles. The second-order valence-electron chi connectivity index (χ2n) is 6.48. The van der Waals surface area contributed by atoms with Crippen LogP contribution in [0.3, 0.4) is 0 Å². The zero-order chi connectivity index (χ0) is 16.2. The van der Waals surface area contributed by atoms with Crippen LogP contribution >= 0.6 is 0 Å². The van der Waals surface area contributed by atoms with E-state index >= 15 is 0 Å². The maximum absolute atomic E-state index is 2.28. The molecule has 118 valence electrons. The number of unbranched alkanes of at least 4 members (excludes halogenated alkanes) is 1. The minimum absolute atomic E-state index is 1.16. The summed E-state index contributed by atoms with van der Waals surface area (Å²) >= 11 is 0. The molecular formula is C24H22. The Morgan fingerprint density at radius 2 is 0.833 bits per heavy atom. The molecule has 0 N–H and O–H groups in total. The number of hydrogen-bond donors (Lipinski definition) is 0. The van der Waals surface area contributed by atoms with Crippen LogP contribution in [0.15, 0.2) is 84.9 Å². The second-order valence-corrected chi connectivity index (χ2v) is 6.48. The molecule has 0 saturated heterocycles. The standard InChI is InChI=1S/C24H22/c1(9-19-13-7-15-21-11-3-5-17-23(19)21)2-10-20-14-8-16-22-12-4-6-18-24(20)22/h3-8,11-18H,1-2,9-10H2. The maximum Gasteiger partial charge on any atom is -0.0152 e. The lowest BCUT2D eigenvalue weighted by molar-refractivity contribution is 0.739. The minimum atomic E-state index is 1.16. The first-order valence-electron chi connectivity index (χ1n) is 8.85. The largest absolute Gasteiger partial charge is 0.0616 e. The lowest BCUT2D eigenvalue weighted by Gasteiger charge is -2.08. The van der Waals surface area contributed by atoms with Gasteiger partial charge in [-0.05, 0) is 58.4 Å². The summed E-state index contributed by atoms with van der Waals surface area (Å²) in [7, 11) is 0. The van der Waals surface area contributed by atoms with Crippen LogP contribution in [0.4, 0.5) is 0 Å². The molecule has 0 aromatic heterocycles. The van der Waals surface area contributed by atoms with Gasteiger partial charge in [-0.1, -0.05) is 84.9 Å². The van der Waals surface area contributed by atoms with Crippen LogP contribution in [0.2, 0.25) is 0 Å². The Bertz CT molecular complexity index is 874. The van der Waals surface area contributed by atoms with E-state index in [0.29, 0.717) is 0 Å². The molecule has 0 unspecified atom stereocenters. The quantitative estimate of drug-likeness (QED) is 0.366. The summed E-state index contributed by atoms with van der Waals surface area (Å²) in [6.45, 7) is 0. The fourth-order valence-corrected chi connectivity index (χ4v) is 3.65. The predicted molar refractivity (Wildman–Crippen MR) is 105 cm³/mol. The van der Waals surface area contributed by atoms with E-state index in [-0.39, 0.29) is 0 Å². The monoisotopic (exact) mass is 310 g/mol. The number of fused-ring (bicyclic) bond motifs is 2. The average Bonchev–Trinajstić information content (AvgIpc) is 2.65. The van der Waals surface area contributed by atoms with Crippen molar-refractivity contribution >= 4 is 21.5 Å². The topological polar surface area (TPSA) is 0 Å². The normalized spacial score (nSPS) is 11.2. The molecule has 0 amide bonds. The SMILES string of the molecule is c1ccc2c(CCCCc3cccc4ccccc34)cccc2c1. The smallest absolute Gasteiger partial charge is 0.0152 e. The average molecular weight is 310 g/mol. The Hall–Kier alpha value is -2.60. The maximum atomic E-state index is 2.28. The summed E-state index contributed by atoms with van der Waals surface area (Å²) in [5, 5.41) is 5.52. The number of hydrogen-bond acceptors (Lipinski definition) is 0. The predicted octanol–water partition coefficient (Wildman–Crippen LogP) is 6.56. The summed E-state index contributed by atoms with van der Waals surface area (Å²) in [5.74, 6) is 0. The van der Waals surface area contributed by atoms with Crippen molar-refractivity contribution in [3.8, 4) is 0 Å². The van der Waals surface area contributed by atoms with Crippen molar-refractivity contribution in [2.45, 2.75) is 25.7 Å².